The monoisotopic (exact) mass is 739 g/mol. The lowest BCUT2D eigenvalue weighted by molar-refractivity contribution is -0.0911. The number of carbonyl (C=O) groups is 1. The second-order valence-corrected chi connectivity index (χ2v) is 14.2. The summed E-state index contributed by atoms with van der Waals surface area (Å²) in [6.45, 7) is -20.2. The van der Waals surface area contributed by atoms with Crippen molar-refractivity contribution in [1.29, 1.82) is 0 Å². The van der Waals surface area contributed by atoms with Gasteiger partial charge in [0, 0.05) is 31.4 Å². The third kappa shape index (κ3) is 7.68. The Labute approximate surface area is 323 Å². The minimum atomic E-state index is -5.73. The molecule has 3 aromatic rings. The summed E-state index contributed by atoms with van der Waals surface area (Å²) in [5, 5.41) is 0. The summed E-state index contributed by atoms with van der Waals surface area (Å²) >= 11 is 0. The lowest BCUT2D eigenvalue weighted by atomic mass is 9.99. The molecule has 5 atom stereocenters. The van der Waals surface area contributed by atoms with E-state index in [2.05, 4.69) is 0 Å². The number of sulfonamides is 1. The molecule has 0 N–H and O–H groups in total. The predicted octanol–water partition coefficient (Wildman–Crippen LogP) is 5.59. The van der Waals surface area contributed by atoms with E-state index in [0.717, 1.165) is 17.7 Å². The molecular weight excluding hydrogens is 676 g/mol. The molecule has 0 spiro atoms. The first kappa shape index (κ1) is 20.4. The summed E-state index contributed by atoms with van der Waals surface area (Å²) < 4.78 is 212. The normalized spacial score (nSPS) is 36.8. The largest absolute Gasteiger partial charge is 0.489 e. The fourth-order valence-corrected chi connectivity index (χ4v) is 7.25. The van der Waals surface area contributed by atoms with Gasteiger partial charge in [0.25, 0.3) is 0 Å². The molecule has 0 radical (unpaired) electrons. The van der Waals surface area contributed by atoms with Crippen LogP contribution in [0, 0.1) is 11.8 Å². The Hall–Kier alpha value is -3.88. The van der Waals surface area contributed by atoms with Crippen LogP contribution in [0.5, 0.6) is 17.2 Å². The Bertz CT molecular complexity index is 2500. The molecule has 3 saturated heterocycles. The summed E-state index contributed by atoms with van der Waals surface area (Å²) in [6.07, 6.45) is -10.6. The quantitative estimate of drug-likeness (QED) is 0.233. The van der Waals surface area contributed by atoms with Gasteiger partial charge >= 0.3 is 6.09 Å². The number of hydrogen-bond acceptors (Lipinski definition) is 10. The Morgan fingerprint density at radius 2 is 1.88 bits per heavy atom. The van der Waals surface area contributed by atoms with Crippen molar-refractivity contribution in [2.24, 2.45) is 11.8 Å². The molecule has 3 fully saturated rings. The van der Waals surface area contributed by atoms with Crippen LogP contribution >= 0.6 is 0 Å². The molecule has 0 aromatic heterocycles. The van der Waals surface area contributed by atoms with Crippen LogP contribution in [0.4, 0.5) is 4.79 Å². The van der Waals surface area contributed by atoms with E-state index < -0.39 is 128 Å². The molecule has 13 heteroatoms. The molecule has 0 unspecified atom stereocenters. The number of amides is 1. The van der Waals surface area contributed by atoms with Gasteiger partial charge in [-0.05, 0) is 68.0 Å². The molecule has 4 heterocycles. The second-order valence-electron chi connectivity index (χ2n) is 12.3. The maximum absolute atomic E-state index is 15.0. The first-order valence-electron chi connectivity index (χ1n) is 24.3. The van der Waals surface area contributed by atoms with Crippen LogP contribution < -0.4 is 14.2 Å². The van der Waals surface area contributed by atoms with Crippen molar-refractivity contribution in [2.45, 2.75) is 82.1 Å². The molecule has 0 aliphatic carbocycles. The molecule has 3 aromatic carbocycles. The van der Waals surface area contributed by atoms with Gasteiger partial charge in [-0.2, -0.15) is 4.31 Å². The number of nitrogens with zero attached hydrogens (tertiary/aromatic N) is 2. The van der Waals surface area contributed by atoms with Crippen LogP contribution in [0.2, 0.25) is 0 Å². The summed E-state index contributed by atoms with van der Waals surface area (Å²) in [4.78, 5) is 14.4. The molecule has 0 bridgehead atoms. The molecule has 7 rings (SSSR count). The van der Waals surface area contributed by atoms with E-state index in [1.165, 1.54) is 38.1 Å². The molecule has 51 heavy (non-hydrogen) atoms. The number of hydrogen-bond donors (Lipinski definition) is 0. The third-order valence-corrected chi connectivity index (χ3v) is 10.1. The zero-order valence-corrected chi connectivity index (χ0v) is 28.2. The van der Waals surface area contributed by atoms with Crippen molar-refractivity contribution in [3.05, 3.63) is 83.9 Å². The van der Waals surface area contributed by atoms with Crippen molar-refractivity contribution in [2.75, 3.05) is 32.9 Å². The topological polar surface area (TPSA) is 122 Å². The maximum atomic E-state index is 15.0. The lowest BCUT2D eigenvalue weighted by Gasteiger charge is -2.34. The maximum Gasteiger partial charge on any atom is 0.412 e. The molecule has 12 nitrogen and oxygen atoms in total. The van der Waals surface area contributed by atoms with Crippen molar-refractivity contribution >= 4 is 16.1 Å². The van der Waals surface area contributed by atoms with Crippen LogP contribution in [0.1, 0.15) is 68.4 Å². The Morgan fingerprint density at radius 3 is 2.67 bits per heavy atom. The number of fused-ring (bicyclic) bond motifs is 2. The zero-order chi connectivity index (χ0) is 50.7. The van der Waals surface area contributed by atoms with Gasteiger partial charge in [-0.25, -0.2) is 13.2 Å². The fourth-order valence-electron chi connectivity index (χ4n) is 5.99. The summed E-state index contributed by atoms with van der Waals surface area (Å²) in [5.74, 6) is -6.41. The average Bonchev–Trinajstić information content (AvgIpc) is 3.81. The number of benzene rings is 3. The Balaban J connectivity index is 1.35. The van der Waals surface area contributed by atoms with Gasteiger partial charge in [0.2, 0.25) is 16.8 Å². The van der Waals surface area contributed by atoms with Crippen LogP contribution in [0.25, 0.3) is 0 Å². The van der Waals surface area contributed by atoms with E-state index in [4.69, 9.17) is 52.3 Å². The third-order valence-electron chi connectivity index (χ3n) is 8.43. The van der Waals surface area contributed by atoms with Crippen molar-refractivity contribution < 1.29 is 69.7 Å². The van der Waals surface area contributed by atoms with Crippen LogP contribution in [0.15, 0.2) is 77.7 Å². The van der Waals surface area contributed by atoms with Crippen LogP contribution in [-0.2, 0) is 42.0 Å². The van der Waals surface area contributed by atoms with Crippen molar-refractivity contribution in [1.82, 2.24) is 9.21 Å². The highest BCUT2D eigenvalue weighted by molar-refractivity contribution is 7.89. The van der Waals surface area contributed by atoms with Crippen LogP contribution in [-0.4, -0.2) is 86.8 Å². The molecule has 4 aliphatic heterocycles. The van der Waals surface area contributed by atoms with Gasteiger partial charge in [-0.1, -0.05) is 56.2 Å². The summed E-state index contributed by atoms with van der Waals surface area (Å²) in [7, 11) is -5.73. The number of rotatable bonds is 12. The zero-order valence-electron chi connectivity index (χ0n) is 44.4. The Morgan fingerprint density at radius 1 is 1.10 bits per heavy atom. The molecule has 0 saturated carbocycles. The van der Waals surface area contributed by atoms with E-state index >= 15 is 0 Å². The average molecular weight is 740 g/mol. The van der Waals surface area contributed by atoms with Gasteiger partial charge < -0.3 is 33.2 Å². The highest BCUT2D eigenvalue weighted by Gasteiger charge is 2.53. The smallest absolute Gasteiger partial charge is 0.412 e. The second kappa shape index (κ2) is 14.6. The minimum Gasteiger partial charge on any atom is -0.489 e. The van der Waals surface area contributed by atoms with Crippen LogP contribution in [0.3, 0.4) is 0 Å². The molecule has 274 valence electrons. The van der Waals surface area contributed by atoms with Gasteiger partial charge in [-0.3, -0.25) is 4.90 Å². The van der Waals surface area contributed by atoms with Crippen molar-refractivity contribution in [3.63, 3.8) is 0 Å². The van der Waals surface area contributed by atoms with E-state index in [1.807, 2.05) is 30.3 Å². The lowest BCUT2D eigenvalue weighted by Crippen LogP contribution is -2.51. The molecule has 1 amide bonds. The summed E-state index contributed by atoms with van der Waals surface area (Å²) in [5.41, 5.74) is -1.08. The SMILES string of the molecule is [2H]C1([2H])C[C@@H]2[C@H](O1)OC([2H])([2H])[C@]2([2H])OC(=O)N1[C@@H](Cc2ccc(OCc3ccccc3)cc2)[C@@]([2H])(CN(C([2H])([2H])C([2H])(C([2H])([2H])[2H])C([2H])([2H])[2H])S(=O)(=O)c2ccc3c(c2)OC([2H])([2H])O3)OC1(C)C. The minimum absolute atomic E-state index is 0.160. The number of carbonyl (C=O) groups excluding carboxylic acids is 1. The van der Waals surface area contributed by atoms with Gasteiger partial charge in [-0.15, -0.1) is 0 Å². The van der Waals surface area contributed by atoms with E-state index in [0.29, 0.717) is 16.7 Å². The van der Waals surface area contributed by atoms with E-state index in [-0.39, 0.29) is 22.2 Å². The molecule has 4 aliphatic rings. The van der Waals surface area contributed by atoms with Gasteiger partial charge in [0.05, 0.1) is 44.3 Å². The first-order chi connectivity index (χ1) is 30.9. The van der Waals surface area contributed by atoms with Gasteiger partial charge in [0.1, 0.15) is 26.9 Å². The highest BCUT2D eigenvalue weighted by atomic mass is 32.2. The van der Waals surface area contributed by atoms with Crippen molar-refractivity contribution in [3.8, 4) is 17.2 Å². The fraction of sp³-hybridized carbons (Fsp3) is 0.500. The Kier molecular flexibility index (Phi) is 5.85. The molecular formula is C38H46N2O10S. The summed E-state index contributed by atoms with van der Waals surface area (Å²) in [6, 6.07) is 15.6. The standard InChI is InChI=1S/C38H46N2O10S/c1-25(2)20-39(51(42,43)29-14-15-32-33(19-29)48-24-47-32)21-34-31(18-26-10-12-28(13-11-26)45-22-27-8-6-5-7-9-27)40(38(3,4)50-34)37(41)49-35-23-46-36-30(35)16-17-44-36/h5-15,19,25,30-31,34-36H,16-18,20-24H2,1-4H3/t30-,31-,34+,35-,36+/m0/s1/i1D3,2D3,17D2,20D2,23D2,24D2,25D,34D,35D. The highest BCUT2D eigenvalue weighted by Crippen LogP contribution is 2.40. The predicted molar refractivity (Wildman–Crippen MR) is 186 cm³/mol. The number of ether oxygens (including phenoxy) is 7. The first-order valence-corrected chi connectivity index (χ1v) is 17.2. The van der Waals surface area contributed by atoms with Gasteiger partial charge in [0.15, 0.2) is 17.8 Å². The van der Waals surface area contributed by atoms with E-state index in [9.17, 15) is 17.3 Å². The van der Waals surface area contributed by atoms with E-state index in [1.54, 1.807) is 0 Å².